The maximum Gasteiger partial charge on any atom is 0.416 e. The van der Waals surface area contributed by atoms with Crippen molar-refractivity contribution in [2.24, 2.45) is 0 Å². The summed E-state index contributed by atoms with van der Waals surface area (Å²) in [6.07, 6.45) is -3.56. The van der Waals surface area contributed by atoms with Gasteiger partial charge in [-0.05, 0) is 18.9 Å². The molecule has 0 saturated heterocycles. The van der Waals surface area contributed by atoms with E-state index in [1.165, 1.54) is 0 Å². The molecule has 0 bridgehead atoms. The first-order valence-corrected chi connectivity index (χ1v) is 5.28. The predicted octanol–water partition coefficient (Wildman–Crippen LogP) is 2.68. The Kier molecular flexibility index (Phi) is 2.81. The summed E-state index contributed by atoms with van der Waals surface area (Å²) >= 11 is 0. The van der Waals surface area contributed by atoms with Crippen LogP contribution in [0.25, 0.3) is 0 Å². The van der Waals surface area contributed by atoms with Crippen LogP contribution in [0.3, 0.4) is 0 Å². The number of hydrogen-bond acceptors (Lipinski definition) is 3. The lowest BCUT2D eigenvalue weighted by atomic mass is 10.0. The van der Waals surface area contributed by atoms with Gasteiger partial charge in [-0.25, -0.2) is 0 Å². The Balaban J connectivity index is 2.38. The van der Waals surface area contributed by atoms with Gasteiger partial charge in [0.2, 0.25) is 0 Å². The first kappa shape index (κ1) is 12.8. The first-order chi connectivity index (χ1) is 8.21. The molecule has 0 aromatic heterocycles. The van der Waals surface area contributed by atoms with Crippen molar-refractivity contribution >= 4 is 5.69 Å². The van der Waals surface area contributed by atoms with Gasteiger partial charge in [-0.1, -0.05) is 6.07 Å². The zero-order valence-electron chi connectivity index (χ0n) is 9.20. The predicted molar refractivity (Wildman–Crippen MR) is 56.0 cm³/mol. The Morgan fingerprint density at radius 3 is 2.44 bits per heavy atom. The summed E-state index contributed by atoms with van der Waals surface area (Å²) in [6, 6.07) is 2.38. The summed E-state index contributed by atoms with van der Waals surface area (Å²) < 4.78 is 37.3. The zero-order chi connectivity index (χ0) is 13.6. The minimum absolute atomic E-state index is 0.0153. The average Bonchev–Trinajstić information content (AvgIpc) is 2.94. The normalized spacial score (nSPS) is 17.6. The van der Waals surface area contributed by atoms with Crippen molar-refractivity contribution in [1.29, 1.82) is 0 Å². The molecule has 0 spiro atoms. The van der Waals surface area contributed by atoms with Crippen LogP contribution in [0.2, 0.25) is 0 Å². The van der Waals surface area contributed by atoms with Crippen molar-refractivity contribution in [3.8, 4) is 0 Å². The molecule has 1 aromatic rings. The minimum atomic E-state index is -4.61. The molecule has 1 saturated carbocycles. The van der Waals surface area contributed by atoms with Gasteiger partial charge in [0.1, 0.15) is 0 Å². The van der Waals surface area contributed by atoms with Crippen LogP contribution in [-0.4, -0.2) is 15.6 Å². The van der Waals surface area contributed by atoms with Gasteiger partial charge in [-0.15, -0.1) is 0 Å². The van der Waals surface area contributed by atoms with Crippen LogP contribution in [0, 0.1) is 10.1 Å². The Labute approximate surface area is 100 Å². The maximum atomic E-state index is 12.4. The SMILES string of the molecule is O=[N+]([O-])c1cc(C(F)(F)F)ccc1CC1(O)CC1. The van der Waals surface area contributed by atoms with Gasteiger partial charge < -0.3 is 5.11 Å². The molecule has 4 nitrogen and oxygen atoms in total. The molecular formula is C11H10F3NO3. The molecule has 1 aliphatic rings. The summed E-state index contributed by atoms with van der Waals surface area (Å²) in [6.45, 7) is 0. The average molecular weight is 261 g/mol. The molecule has 0 aliphatic heterocycles. The largest absolute Gasteiger partial charge is 0.416 e. The molecule has 7 heteroatoms. The van der Waals surface area contributed by atoms with E-state index in [0.717, 1.165) is 12.1 Å². The lowest BCUT2D eigenvalue weighted by Crippen LogP contribution is -2.13. The number of halogens is 3. The molecule has 2 rings (SSSR count). The molecule has 0 heterocycles. The summed E-state index contributed by atoms with van der Waals surface area (Å²) in [7, 11) is 0. The van der Waals surface area contributed by atoms with E-state index in [1.807, 2.05) is 0 Å². The highest BCUT2D eigenvalue weighted by molar-refractivity contribution is 5.45. The second-order valence-electron chi connectivity index (χ2n) is 4.50. The molecule has 0 unspecified atom stereocenters. The molecule has 1 aliphatic carbocycles. The number of nitrogens with zero attached hydrogens (tertiary/aromatic N) is 1. The second kappa shape index (κ2) is 3.94. The van der Waals surface area contributed by atoms with E-state index in [9.17, 15) is 28.4 Å². The Morgan fingerprint density at radius 1 is 1.39 bits per heavy atom. The third-order valence-corrected chi connectivity index (χ3v) is 2.96. The Morgan fingerprint density at radius 2 is 2.00 bits per heavy atom. The summed E-state index contributed by atoms with van der Waals surface area (Å²) in [4.78, 5) is 9.91. The smallest absolute Gasteiger partial charge is 0.390 e. The van der Waals surface area contributed by atoms with Gasteiger partial charge >= 0.3 is 6.18 Å². The van der Waals surface area contributed by atoms with Crippen LogP contribution in [0.5, 0.6) is 0 Å². The van der Waals surface area contributed by atoms with Crippen LogP contribution in [-0.2, 0) is 12.6 Å². The summed E-state index contributed by atoms with van der Waals surface area (Å²) in [5.41, 5.74) is -2.50. The van der Waals surface area contributed by atoms with Crippen molar-refractivity contribution in [2.75, 3.05) is 0 Å². The fraction of sp³-hybridized carbons (Fsp3) is 0.455. The van der Waals surface area contributed by atoms with Crippen molar-refractivity contribution in [2.45, 2.75) is 31.0 Å². The quantitative estimate of drug-likeness (QED) is 0.672. The fourth-order valence-corrected chi connectivity index (χ4v) is 1.74. The third kappa shape index (κ3) is 2.61. The maximum absolute atomic E-state index is 12.4. The number of benzene rings is 1. The van der Waals surface area contributed by atoms with E-state index >= 15 is 0 Å². The number of hydrogen-bond donors (Lipinski definition) is 1. The second-order valence-corrected chi connectivity index (χ2v) is 4.50. The number of alkyl halides is 3. The molecule has 18 heavy (non-hydrogen) atoms. The molecule has 1 fully saturated rings. The van der Waals surface area contributed by atoms with Gasteiger partial charge in [0.25, 0.3) is 5.69 Å². The van der Waals surface area contributed by atoms with Gasteiger partial charge in [-0.2, -0.15) is 13.2 Å². The Bertz CT molecular complexity index is 495. The summed E-state index contributed by atoms with van der Waals surface area (Å²) in [5.74, 6) is 0. The standard InChI is InChI=1S/C11H10F3NO3/c12-11(13,14)8-2-1-7(6-10(16)3-4-10)9(5-8)15(17)18/h1-2,5,16H,3-4,6H2. The highest BCUT2D eigenvalue weighted by atomic mass is 19.4. The zero-order valence-corrected chi connectivity index (χ0v) is 9.20. The third-order valence-electron chi connectivity index (χ3n) is 2.96. The molecule has 1 aromatic carbocycles. The molecular weight excluding hydrogens is 251 g/mol. The van der Waals surface area contributed by atoms with Crippen LogP contribution in [0.1, 0.15) is 24.0 Å². The van der Waals surface area contributed by atoms with Crippen LogP contribution in [0.4, 0.5) is 18.9 Å². The van der Waals surface area contributed by atoms with E-state index in [-0.39, 0.29) is 12.0 Å². The van der Waals surface area contributed by atoms with Gasteiger partial charge in [0.15, 0.2) is 0 Å². The number of nitro benzene ring substituents is 1. The highest BCUT2D eigenvalue weighted by Gasteiger charge is 2.42. The van der Waals surface area contributed by atoms with Crippen LogP contribution < -0.4 is 0 Å². The van der Waals surface area contributed by atoms with E-state index in [1.54, 1.807) is 0 Å². The van der Waals surface area contributed by atoms with Crippen molar-refractivity contribution in [3.05, 3.63) is 39.4 Å². The number of rotatable bonds is 3. The van der Waals surface area contributed by atoms with Gasteiger partial charge in [-0.3, -0.25) is 10.1 Å². The lowest BCUT2D eigenvalue weighted by molar-refractivity contribution is -0.385. The molecule has 0 radical (unpaired) electrons. The molecule has 0 amide bonds. The minimum Gasteiger partial charge on any atom is -0.390 e. The number of nitro groups is 1. The first-order valence-electron chi connectivity index (χ1n) is 5.28. The van der Waals surface area contributed by atoms with E-state index in [2.05, 4.69) is 0 Å². The van der Waals surface area contributed by atoms with Gasteiger partial charge in [0, 0.05) is 18.1 Å². The number of aliphatic hydroxyl groups is 1. The molecule has 98 valence electrons. The van der Waals surface area contributed by atoms with Crippen molar-refractivity contribution in [3.63, 3.8) is 0 Å². The monoisotopic (exact) mass is 261 g/mol. The van der Waals surface area contributed by atoms with E-state index < -0.39 is 28.0 Å². The van der Waals surface area contributed by atoms with Gasteiger partial charge in [0.05, 0.1) is 16.1 Å². The molecule has 1 N–H and O–H groups in total. The Hall–Kier alpha value is -1.63. The van der Waals surface area contributed by atoms with E-state index in [4.69, 9.17) is 0 Å². The highest BCUT2D eigenvalue weighted by Crippen LogP contribution is 2.41. The fourth-order valence-electron chi connectivity index (χ4n) is 1.74. The van der Waals surface area contributed by atoms with E-state index in [0.29, 0.717) is 18.9 Å². The van der Waals surface area contributed by atoms with Crippen LogP contribution >= 0.6 is 0 Å². The topological polar surface area (TPSA) is 63.4 Å². The van der Waals surface area contributed by atoms with Crippen LogP contribution in [0.15, 0.2) is 18.2 Å². The lowest BCUT2D eigenvalue weighted by Gasteiger charge is -2.11. The summed E-state index contributed by atoms with van der Waals surface area (Å²) in [5, 5.41) is 20.4. The van der Waals surface area contributed by atoms with Crippen molar-refractivity contribution < 1.29 is 23.2 Å². The molecule has 0 atom stereocenters. The van der Waals surface area contributed by atoms with Crippen molar-refractivity contribution in [1.82, 2.24) is 0 Å².